The zero-order valence-electron chi connectivity index (χ0n) is 9.45. The third-order valence-electron chi connectivity index (χ3n) is 2.53. The van der Waals surface area contributed by atoms with Crippen molar-refractivity contribution >= 4 is 5.82 Å². The van der Waals surface area contributed by atoms with Crippen molar-refractivity contribution in [1.82, 2.24) is 9.78 Å². The number of nitrogens with zero attached hydrogens (tertiary/aromatic N) is 2. The molecule has 0 aromatic carbocycles. The third kappa shape index (κ3) is 2.76. The summed E-state index contributed by atoms with van der Waals surface area (Å²) in [5.74, 6) is 0.784. The lowest BCUT2D eigenvalue weighted by Gasteiger charge is -2.13. The van der Waals surface area contributed by atoms with Crippen molar-refractivity contribution in [3.63, 3.8) is 0 Å². The van der Waals surface area contributed by atoms with Gasteiger partial charge in [0.1, 0.15) is 5.82 Å². The molecule has 3 heteroatoms. The molecule has 0 bridgehead atoms. The molecule has 0 amide bonds. The van der Waals surface area contributed by atoms with Crippen molar-refractivity contribution in [2.75, 3.05) is 5.73 Å². The van der Waals surface area contributed by atoms with Gasteiger partial charge in [0.25, 0.3) is 0 Å². The molecule has 0 aliphatic heterocycles. The van der Waals surface area contributed by atoms with Crippen LogP contribution < -0.4 is 5.73 Å². The van der Waals surface area contributed by atoms with Crippen LogP contribution in [0.3, 0.4) is 0 Å². The van der Waals surface area contributed by atoms with Crippen LogP contribution in [-0.4, -0.2) is 9.78 Å². The highest BCUT2D eigenvalue weighted by molar-refractivity contribution is 5.30. The molecule has 80 valence electrons. The Labute approximate surface area is 86.3 Å². The summed E-state index contributed by atoms with van der Waals surface area (Å²) in [4.78, 5) is 0. The summed E-state index contributed by atoms with van der Waals surface area (Å²) in [6.07, 6.45) is 4.99. The predicted octanol–water partition coefficient (Wildman–Crippen LogP) is 2.92. The molecule has 0 spiro atoms. The maximum Gasteiger partial charge on any atom is 0.122 e. The molecule has 1 heterocycles. The van der Waals surface area contributed by atoms with Gasteiger partial charge in [-0.3, -0.25) is 0 Å². The molecule has 14 heavy (non-hydrogen) atoms. The first-order valence-electron chi connectivity index (χ1n) is 5.46. The minimum atomic E-state index is 0.426. The number of unbranched alkanes of at least 4 members (excludes halogenated alkanes) is 2. The first-order chi connectivity index (χ1) is 6.65. The van der Waals surface area contributed by atoms with E-state index in [1.807, 2.05) is 17.7 Å². The van der Waals surface area contributed by atoms with E-state index >= 15 is 0 Å². The molecular formula is C11H21N3. The largest absolute Gasteiger partial charge is 0.384 e. The lowest BCUT2D eigenvalue weighted by Crippen LogP contribution is -2.10. The molecule has 2 N–H and O–H groups in total. The van der Waals surface area contributed by atoms with Crippen LogP contribution >= 0.6 is 0 Å². The van der Waals surface area contributed by atoms with Crippen molar-refractivity contribution in [2.24, 2.45) is 0 Å². The quantitative estimate of drug-likeness (QED) is 0.734. The summed E-state index contributed by atoms with van der Waals surface area (Å²) >= 11 is 0. The van der Waals surface area contributed by atoms with E-state index in [-0.39, 0.29) is 0 Å². The fraction of sp³-hybridized carbons (Fsp3) is 0.727. The number of anilines is 1. The number of nitrogens with two attached hydrogens (primary N) is 1. The Bertz CT molecular complexity index is 278. The molecule has 0 saturated carbocycles. The van der Waals surface area contributed by atoms with Crippen LogP contribution in [-0.2, 0) is 0 Å². The maximum atomic E-state index is 5.85. The van der Waals surface area contributed by atoms with Gasteiger partial charge in [-0.25, -0.2) is 4.68 Å². The van der Waals surface area contributed by atoms with Crippen LogP contribution in [0.1, 0.15) is 51.3 Å². The van der Waals surface area contributed by atoms with E-state index in [1.54, 1.807) is 0 Å². The summed E-state index contributed by atoms with van der Waals surface area (Å²) in [6, 6.07) is 2.35. The summed E-state index contributed by atoms with van der Waals surface area (Å²) < 4.78 is 1.94. The highest BCUT2D eigenvalue weighted by atomic mass is 15.3. The van der Waals surface area contributed by atoms with Gasteiger partial charge in [0.15, 0.2) is 0 Å². The van der Waals surface area contributed by atoms with Crippen LogP contribution in [0.15, 0.2) is 6.07 Å². The second kappa shape index (κ2) is 5.03. The summed E-state index contributed by atoms with van der Waals surface area (Å²) in [6.45, 7) is 6.38. The van der Waals surface area contributed by atoms with Gasteiger partial charge in [-0.1, -0.05) is 26.2 Å². The Morgan fingerprint density at radius 1 is 1.50 bits per heavy atom. The number of hydrogen-bond acceptors (Lipinski definition) is 2. The third-order valence-corrected chi connectivity index (χ3v) is 2.53. The Kier molecular flexibility index (Phi) is 3.98. The van der Waals surface area contributed by atoms with Gasteiger partial charge in [0, 0.05) is 6.07 Å². The summed E-state index contributed by atoms with van der Waals surface area (Å²) in [5.41, 5.74) is 6.85. The monoisotopic (exact) mass is 195 g/mol. The Morgan fingerprint density at radius 3 is 2.71 bits per heavy atom. The average Bonchev–Trinajstić information content (AvgIpc) is 2.45. The molecule has 0 radical (unpaired) electrons. The van der Waals surface area contributed by atoms with Crippen LogP contribution in [0, 0.1) is 6.92 Å². The van der Waals surface area contributed by atoms with Crippen LogP contribution in [0.5, 0.6) is 0 Å². The lowest BCUT2D eigenvalue weighted by molar-refractivity contribution is 0.442. The SMILES string of the molecule is CCCCCC(C)n1nc(C)cc1N. The van der Waals surface area contributed by atoms with Crippen LogP contribution in [0.25, 0.3) is 0 Å². The van der Waals surface area contributed by atoms with Gasteiger partial charge in [-0.15, -0.1) is 0 Å². The molecule has 0 saturated heterocycles. The fourth-order valence-electron chi connectivity index (χ4n) is 1.70. The van der Waals surface area contributed by atoms with E-state index in [0.717, 1.165) is 11.5 Å². The molecule has 1 aromatic rings. The standard InChI is InChI=1S/C11H21N3/c1-4-5-6-7-10(3)14-11(12)8-9(2)13-14/h8,10H,4-7,12H2,1-3H3. The Morgan fingerprint density at radius 2 is 2.21 bits per heavy atom. The van der Waals surface area contributed by atoms with Crippen LogP contribution in [0.2, 0.25) is 0 Å². The normalized spacial score (nSPS) is 13.1. The number of hydrogen-bond donors (Lipinski definition) is 1. The molecule has 1 unspecified atom stereocenters. The van der Waals surface area contributed by atoms with Gasteiger partial charge in [-0.05, 0) is 20.3 Å². The molecule has 1 atom stereocenters. The van der Waals surface area contributed by atoms with E-state index in [1.165, 1.54) is 25.7 Å². The highest BCUT2D eigenvalue weighted by Crippen LogP contribution is 2.18. The van der Waals surface area contributed by atoms with Crippen molar-refractivity contribution in [2.45, 2.75) is 52.5 Å². The van der Waals surface area contributed by atoms with Gasteiger partial charge in [0.05, 0.1) is 11.7 Å². The summed E-state index contributed by atoms with van der Waals surface area (Å²) in [5, 5.41) is 4.38. The molecular weight excluding hydrogens is 174 g/mol. The first-order valence-corrected chi connectivity index (χ1v) is 5.46. The van der Waals surface area contributed by atoms with Gasteiger partial charge < -0.3 is 5.73 Å². The number of rotatable bonds is 5. The molecule has 0 aliphatic rings. The predicted molar refractivity (Wildman–Crippen MR) is 60.2 cm³/mol. The maximum absolute atomic E-state index is 5.85. The topological polar surface area (TPSA) is 43.8 Å². The second-order valence-corrected chi connectivity index (χ2v) is 4.00. The second-order valence-electron chi connectivity index (χ2n) is 4.00. The minimum absolute atomic E-state index is 0.426. The number of aromatic nitrogens is 2. The van der Waals surface area contributed by atoms with E-state index in [9.17, 15) is 0 Å². The van der Waals surface area contributed by atoms with Gasteiger partial charge in [0.2, 0.25) is 0 Å². The number of aryl methyl sites for hydroxylation is 1. The molecule has 0 aliphatic carbocycles. The van der Waals surface area contributed by atoms with Crippen molar-refractivity contribution in [1.29, 1.82) is 0 Å². The summed E-state index contributed by atoms with van der Waals surface area (Å²) in [7, 11) is 0. The molecule has 3 nitrogen and oxygen atoms in total. The van der Waals surface area contributed by atoms with Crippen molar-refractivity contribution < 1.29 is 0 Å². The van der Waals surface area contributed by atoms with E-state index in [2.05, 4.69) is 18.9 Å². The molecule has 0 fully saturated rings. The number of nitrogen functional groups attached to an aromatic ring is 1. The molecule has 1 rings (SSSR count). The fourth-order valence-corrected chi connectivity index (χ4v) is 1.70. The Hall–Kier alpha value is -0.990. The zero-order valence-corrected chi connectivity index (χ0v) is 9.45. The zero-order chi connectivity index (χ0) is 10.6. The van der Waals surface area contributed by atoms with Gasteiger partial charge >= 0.3 is 0 Å². The average molecular weight is 195 g/mol. The van der Waals surface area contributed by atoms with E-state index in [4.69, 9.17) is 5.73 Å². The van der Waals surface area contributed by atoms with Crippen LogP contribution in [0.4, 0.5) is 5.82 Å². The van der Waals surface area contributed by atoms with E-state index in [0.29, 0.717) is 6.04 Å². The molecule has 1 aromatic heterocycles. The van der Waals surface area contributed by atoms with Crippen molar-refractivity contribution in [3.8, 4) is 0 Å². The van der Waals surface area contributed by atoms with E-state index < -0.39 is 0 Å². The highest BCUT2D eigenvalue weighted by Gasteiger charge is 2.08. The van der Waals surface area contributed by atoms with Gasteiger partial charge in [-0.2, -0.15) is 5.10 Å². The lowest BCUT2D eigenvalue weighted by atomic mass is 10.1. The van der Waals surface area contributed by atoms with Crippen molar-refractivity contribution in [3.05, 3.63) is 11.8 Å². The minimum Gasteiger partial charge on any atom is -0.384 e. The first kappa shape index (κ1) is 11.1. The Balaban J connectivity index is 2.51. The smallest absolute Gasteiger partial charge is 0.122 e.